The van der Waals surface area contributed by atoms with E-state index >= 15 is 0 Å². The van der Waals surface area contributed by atoms with Gasteiger partial charge in [-0.3, -0.25) is 9.59 Å². The van der Waals surface area contributed by atoms with Crippen LogP contribution in [-0.4, -0.2) is 36.9 Å². The van der Waals surface area contributed by atoms with Crippen LogP contribution < -0.4 is 10.5 Å². The lowest BCUT2D eigenvalue weighted by Crippen LogP contribution is -2.26. The molecule has 1 aromatic rings. The van der Waals surface area contributed by atoms with Crippen molar-refractivity contribution in [3.05, 3.63) is 29.8 Å². The molecule has 0 bridgehead atoms. The maximum absolute atomic E-state index is 11.7. The second-order valence-corrected chi connectivity index (χ2v) is 4.42. The van der Waals surface area contributed by atoms with Gasteiger partial charge in [-0.25, -0.2) is 0 Å². The first-order valence-electron chi connectivity index (χ1n) is 5.86. The van der Waals surface area contributed by atoms with Crippen molar-refractivity contribution in [1.82, 2.24) is 4.90 Å². The molecule has 1 aliphatic heterocycles. The number of benzene rings is 1. The number of likely N-dealkylation sites (tertiary alicyclic amines) is 1. The summed E-state index contributed by atoms with van der Waals surface area (Å²) in [6.07, 6.45) is 0.786. The van der Waals surface area contributed by atoms with Crippen LogP contribution in [0.1, 0.15) is 16.8 Å². The van der Waals surface area contributed by atoms with Gasteiger partial charge in [-0.15, -0.1) is 0 Å². The first-order valence-corrected chi connectivity index (χ1v) is 5.86. The van der Waals surface area contributed by atoms with E-state index in [0.29, 0.717) is 11.3 Å². The summed E-state index contributed by atoms with van der Waals surface area (Å²) in [5, 5.41) is 0. The summed E-state index contributed by atoms with van der Waals surface area (Å²) in [4.78, 5) is 24.6. The fraction of sp³-hybridized carbons (Fsp3) is 0.385. The van der Waals surface area contributed by atoms with Crippen molar-refractivity contribution in [2.75, 3.05) is 20.2 Å². The summed E-state index contributed by atoms with van der Waals surface area (Å²) < 4.78 is 5.55. The molecule has 1 fully saturated rings. The van der Waals surface area contributed by atoms with Crippen LogP contribution >= 0.6 is 0 Å². The van der Waals surface area contributed by atoms with Crippen molar-refractivity contribution in [3.8, 4) is 5.75 Å². The third kappa shape index (κ3) is 2.45. The Hall–Kier alpha value is -2.04. The van der Waals surface area contributed by atoms with Gasteiger partial charge < -0.3 is 15.4 Å². The van der Waals surface area contributed by atoms with Crippen molar-refractivity contribution < 1.29 is 14.3 Å². The summed E-state index contributed by atoms with van der Waals surface area (Å²) in [6.45, 7) is 1.04. The lowest BCUT2D eigenvalue weighted by molar-refractivity contribution is -0.130. The molecule has 1 aliphatic rings. The van der Waals surface area contributed by atoms with Gasteiger partial charge in [-0.05, 0) is 18.6 Å². The van der Waals surface area contributed by atoms with Gasteiger partial charge >= 0.3 is 0 Å². The zero-order valence-corrected chi connectivity index (χ0v) is 10.3. The molecule has 96 valence electrons. The maximum atomic E-state index is 11.7. The van der Waals surface area contributed by atoms with Crippen LogP contribution in [0.25, 0.3) is 0 Å². The quantitative estimate of drug-likeness (QED) is 0.850. The lowest BCUT2D eigenvalue weighted by atomic mass is 10.1. The summed E-state index contributed by atoms with van der Waals surface area (Å²) in [5.74, 6) is -0.129. The highest BCUT2D eigenvalue weighted by atomic mass is 16.5. The van der Waals surface area contributed by atoms with E-state index in [1.807, 2.05) is 0 Å². The van der Waals surface area contributed by atoms with Gasteiger partial charge in [0, 0.05) is 13.6 Å². The predicted octanol–water partition coefficient (Wildman–Crippen LogP) is 0.643. The molecule has 0 saturated carbocycles. The number of hydrogen-bond donors (Lipinski definition) is 1. The second-order valence-electron chi connectivity index (χ2n) is 4.42. The van der Waals surface area contributed by atoms with Gasteiger partial charge in [0.2, 0.25) is 5.91 Å². The van der Waals surface area contributed by atoms with Crippen LogP contribution in [0, 0.1) is 5.92 Å². The molecule has 0 spiro atoms. The van der Waals surface area contributed by atoms with Crippen LogP contribution in [0.4, 0.5) is 0 Å². The van der Waals surface area contributed by atoms with Crippen molar-refractivity contribution in [2.24, 2.45) is 11.7 Å². The number of nitrogens with two attached hydrogens (primary N) is 1. The number of nitrogens with zero attached hydrogens (tertiary/aromatic N) is 1. The Morgan fingerprint density at radius 1 is 1.50 bits per heavy atom. The normalized spacial score (nSPS) is 19.1. The van der Waals surface area contributed by atoms with Crippen molar-refractivity contribution >= 4 is 11.8 Å². The zero-order chi connectivity index (χ0) is 13.1. The van der Waals surface area contributed by atoms with E-state index in [0.717, 1.165) is 13.0 Å². The Morgan fingerprint density at radius 3 is 2.83 bits per heavy atom. The largest absolute Gasteiger partial charge is 0.492 e. The van der Waals surface area contributed by atoms with E-state index in [1.54, 1.807) is 36.2 Å². The minimum absolute atomic E-state index is 0.0894. The molecule has 0 aromatic heterocycles. The Bertz CT molecular complexity index is 473. The number of ether oxygens (including phenoxy) is 1. The third-order valence-corrected chi connectivity index (χ3v) is 3.13. The Kier molecular flexibility index (Phi) is 3.50. The molecule has 5 heteroatoms. The fourth-order valence-electron chi connectivity index (χ4n) is 2.04. The third-order valence-electron chi connectivity index (χ3n) is 3.13. The van der Waals surface area contributed by atoms with E-state index < -0.39 is 5.91 Å². The molecular weight excluding hydrogens is 232 g/mol. The number of rotatable bonds is 4. The molecule has 2 rings (SSSR count). The van der Waals surface area contributed by atoms with Gasteiger partial charge in [0.25, 0.3) is 5.91 Å². The van der Waals surface area contributed by atoms with Crippen LogP contribution in [0.3, 0.4) is 0 Å². The Balaban J connectivity index is 2.03. The first-order chi connectivity index (χ1) is 8.59. The summed E-state index contributed by atoms with van der Waals surface area (Å²) in [6, 6.07) is 6.79. The highest BCUT2D eigenvalue weighted by molar-refractivity contribution is 5.95. The van der Waals surface area contributed by atoms with Gasteiger partial charge in [-0.2, -0.15) is 0 Å². The molecule has 1 atom stereocenters. The summed E-state index contributed by atoms with van der Waals surface area (Å²) in [7, 11) is 1.78. The summed E-state index contributed by atoms with van der Waals surface area (Å²) in [5.41, 5.74) is 5.60. The molecular formula is C13H16N2O3. The number of carbonyl (C=O) groups is 2. The van der Waals surface area contributed by atoms with Crippen LogP contribution in [0.2, 0.25) is 0 Å². The van der Waals surface area contributed by atoms with Gasteiger partial charge in [0.1, 0.15) is 5.75 Å². The van der Waals surface area contributed by atoms with E-state index in [9.17, 15) is 9.59 Å². The Morgan fingerprint density at radius 2 is 2.22 bits per heavy atom. The fourth-order valence-corrected chi connectivity index (χ4v) is 2.04. The molecule has 2 amide bonds. The second kappa shape index (κ2) is 5.08. The van der Waals surface area contributed by atoms with Crippen molar-refractivity contribution in [3.63, 3.8) is 0 Å². The molecule has 1 unspecified atom stereocenters. The van der Waals surface area contributed by atoms with E-state index in [2.05, 4.69) is 0 Å². The topological polar surface area (TPSA) is 72.6 Å². The monoisotopic (exact) mass is 248 g/mol. The van der Waals surface area contributed by atoms with Crippen molar-refractivity contribution in [1.29, 1.82) is 0 Å². The average molecular weight is 248 g/mol. The van der Waals surface area contributed by atoms with E-state index in [-0.39, 0.29) is 18.4 Å². The van der Waals surface area contributed by atoms with Crippen LogP contribution in [-0.2, 0) is 4.79 Å². The number of para-hydroxylation sites is 1. The Labute approximate surface area is 106 Å². The zero-order valence-electron chi connectivity index (χ0n) is 10.3. The van der Waals surface area contributed by atoms with Crippen molar-refractivity contribution in [2.45, 2.75) is 6.42 Å². The summed E-state index contributed by atoms with van der Waals surface area (Å²) >= 11 is 0. The number of amides is 2. The van der Waals surface area contributed by atoms with Gasteiger partial charge in [0.05, 0.1) is 18.1 Å². The molecule has 1 saturated heterocycles. The highest BCUT2D eigenvalue weighted by Crippen LogP contribution is 2.21. The standard InChI is InChI=1S/C13H16N2O3/c1-15-7-6-9(13(15)17)8-18-11-5-3-2-4-10(11)12(14)16/h2-5,9H,6-8H2,1H3,(H2,14,16). The molecule has 1 heterocycles. The molecule has 18 heavy (non-hydrogen) atoms. The van der Waals surface area contributed by atoms with Crippen LogP contribution in [0.15, 0.2) is 24.3 Å². The maximum Gasteiger partial charge on any atom is 0.252 e. The number of hydrogen-bond acceptors (Lipinski definition) is 3. The molecule has 2 N–H and O–H groups in total. The molecule has 5 nitrogen and oxygen atoms in total. The van der Waals surface area contributed by atoms with Gasteiger partial charge in [0.15, 0.2) is 0 Å². The van der Waals surface area contributed by atoms with Gasteiger partial charge in [-0.1, -0.05) is 12.1 Å². The number of primary amides is 1. The SMILES string of the molecule is CN1CCC(COc2ccccc2C(N)=O)C1=O. The van der Waals surface area contributed by atoms with E-state index in [1.165, 1.54) is 0 Å². The first kappa shape index (κ1) is 12.4. The highest BCUT2D eigenvalue weighted by Gasteiger charge is 2.29. The molecule has 0 radical (unpaired) electrons. The number of carbonyl (C=O) groups excluding carboxylic acids is 2. The average Bonchev–Trinajstić information content (AvgIpc) is 2.68. The minimum Gasteiger partial charge on any atom is -0.492 e. The smallest absolute Gasteiger partial charge is 0.252 e. The molecule has 0 aliphatic carbocycles. The molecule has 1 aromatic carbocycles. The predicted molar refractivity (Wildman–Crippen MR) is 66.2 cm³/mol. The minimum atomic E-state index is -0.527. The van der Waals surface area contributed by atoms with E-state index in [4.69, 9.17) is 10.5 Å². The van der Waals surface area contributed by atoms with Crippen LogP contribution in [0.5, 0.6) is 5.75 Å². The lowest BCUT2D eigenvalue weighted by Gasteiger charge is -2.13.